The fraction of sp³-hybridized carbons (Fsp3) is 0.680. The lowest BCUT2D eigenvalue weighted by Gasteiger charge is -2.48. The summed E-state index contributed by atoms with van der Waals surface area (Å²) in [6, 6.07) is 0. The molecule has 0 heterocycles. The summed E-state index contributed by atoms with van der Waals surface area (Å²) in [6.07, 6.45) is 3.74. The molecule has 164 valence electrons. The molecule has 4 aliphatic carbocycles. The van der Waals surface area contributed by atoms with E-state index in [0.29, 0.717) is 22.6 Å². The first-order valence-corrected chi connectivity index (χ1v) is 11.0. The highest BCUT2D eigenvalue weighted by molar-refractivity contribution is 5.95. The maximum atomic E-state index is 14.1. The zero-order chi connectivity index (χ0) is 22.4. The Kier molecular flexibility index (Phi) is 4.58. The maximum absolute atomic E-state index is 14.1. The van der Waals surface area contributed by atoms with Gasteiger partial charge in [0, 0.05) is 11.5 Å². The van der Waals surface area contributed by atoms with Gasteiger partial charge in [0.1, 0.15) is 6.10 Å². The van der Waals surface area contributed by atoms with E-state index in [9.17, 15) is 19.8 Å². The number of fused-ring (bicyclic) bond motifs is 3. The van der Waals surface area contributed by atoms with E-state index >= 15 is 0 Å². The molecule has 4 rings (SSSR count). The number of Topliss-reactive ketones (excluding diaryl/α,β-unsaturated/α-hetero) is 1. The quantitative estimate of drug-likeness (QED) is 0.411. The van der Waals surface area contributed by atoms with Gasteiger partial charge in [-0.15, -0.1) is 0 Å². The molecule has 0 aromatic heterocycles. The molecule has 8 atom stereocenters. The van der Waals surface area contributed by atoms with E-state index in [1.54, 1.807) is 33.8 Å². The second-order valence-corrected chi connectivity index (χ2v) is 10.6. The molecule has 2 saturated carbocycles. The zero-order valence-electron chi connectivity index (χ0n) is 19.0. The summed E-state index contributed by atoms with van der Waals surface area (Å²) in [6.45, 7) is 13.3. The number of hydrogen-bond acceptors (Lipinski definition) is 5. The fourth-order valence-corrected chi connectivity index (χ4v) is 6.89. The van der Waals surface area contributed by atoms with Crippen LogP contribution in [0, 0.1) is 34.5 Å². The lowest BCUT2D eigenvalue weighted by molar-refractivity contribution is -0.201. The predicted octanol–water partition coefficient (Wildman–Crippen LogP) is 3.36. The van der Waals surface area contributed by atoms with Gasteiger partial charge in [0.2, 0.25) is 0 Å². The van der Waals surface area contributed by atoms with Gasteiger partial charge in [-0.2, -0.15) is 0 Å². The third kappa shape index (κ3) is 2.36. The van der Waals surface area contributed by atoms with Gasteiger partial charge in [0.25, 0.3) is 0 Å². The monoisotopic (exact) mass is 414 g/mol. The van der Waals surface area contributed by atoms with Gasteiger partial charge < -0.3 is 14.9 Å². The summed E-state index contributed by atoms with van der Waals surface area (Å²) in [5, 5.41) is 23.6. The molecule has 0 amide bonds. The van der Waals surface area contributed by atoms with Gasteiger partial charge in [-0.05, 0) is 68.4 Å². The van der Waals surface area contributed by atoms with Crippen LogP contribution < -0.4 is 0 Å². The first-order chi connectivity index (χ1) is 13.9. The number of carbonyl (C=O) groups is 2. The SMILES string of the molecule is C/C=C(/C)C(=O)OC1C(C)=CC23C(=O)C(C=C(C)C(O)C12O)C1C(C[C@H]3C)C1(C)C. The van der Waals surface area contributed by atoms with Crippen molar-refractivity contribution in [1.82, 2.24) is 0 Å². The Balaban J connectivity index is 1.89. The van der Waals surface area contributed by atoms with Crippen molar-refractivity contribution >= 4 is 11.8 Å². The third-order valence-electron chi connectivity index (χ3n) is 8.82. The smallest absolute Gasteiger partial charge is 0.334 e. The molecule has 0 radical (unpaired) electrons. The topological polar surface area (TPSA) is 83.8 Å². The largest absolute Gasteiger partial charge is 0.451 e. The second-order valence-electron chi connectivity index (χ2n) is 10.6. The van der Waals surface area contributed by atoms with Crippen LogP contribution >= 0.6 is 0 Å². The van der Waals surface area contributed by atoms with Crippen LogP contribution in [0.2, 0.25) is 0 Å². The molecule has 1 spiro atoms. The maximum Gasteiger partial charge on any atom is 0.334 e. The number of aliphatic hydroxyl groups is 2. The van der Waals surface area contributed by atoms with Crippen molar-refractivity contribution in [2.24, 2.45) is 34.5 Å². The molecule has 30 heavy (non-hydrogen) atoms. The average molecular weight is 415 g/mol. The standard InChI is InChI=1S/C25H34O5/c1-8-12(2)22(28)30-21-14(4)11-24-15(5)10-17-18(23(17,6)7)16(20(24)27)9-13(3)19(26)25(21,24)29/h8-9,11,15-19,21,26,29H,10H2,1-7H3/b12-8-/t15-,16?,17?,18?,19?,21?,24?,25?/m1/s1. The van der Waals surface area contributed by atoms with Gasteiger partial charge in [0.05, 0.1) is 5.41 Å². The minimum absolute atomic E-state index is 0.0490. The van der Waals surface area contributed by atoms with Gasteiger partial charge in [-0.1, -0.05) is 39.0 Å². The molecule has 4 aliphatic rings. The van der Waals surface area contributed by atoms with Crippen LogP contribution in [-0.2, 0) is 14.3 Å². The van der Waals surface area contributed by atoms with E-state index in [0.717, 1.165) is 6.42 Å². The zero-order valence-corrected chi connectivity index (χ0v) is 19.0. The summed E-state index contributed by atoms with van der Waals surface area (Å²) in [7, 11) is 0. The molecule has 2 N–H and O–H groups in total. The Morgan fingerprint density at radius 3 is 2.50 bits per heavy atom. The molecule has 2 bridgehead atoms. The first kappa shape index (κ1) is 21.5. The Morgan fingerprint density at radius 1 is 1.27 bits per heavy atom. The molecule has 7 unspecified atom stereocenters. The van der Waals surface area contributed by atoms with Crippen LogP contribution in [0.3, 0.4) is 0 Å². The Labute approximate surface area is 178 Å². The van der Waals surface area contributed by atoms with Crippen molar-refractivity contribution in [3.8, 4) is 0 Å². The van der Waals surface area contributed by atoms with Crippen LogP contribution in [0.15, 0.2) is 34.9 Å². The minimum Gasteiger partial charge on any atom is -0.451 e. The number of carbonyl (C=O) groups excluding carboxylic acids is 2. The summed E-state index contributed by atoms with van der Waals surface area (Å²) >= 11 is 0. The number of esters is 1. The lowest BCUT2D eigenvalue weighted by atomic mass is 9.59. The second kappa shape index (κ2) is 6.39. The number of aliphatic hydroxyl groups excluding tert-OH is 1. The number of allylic oxidation sites excluding steroid dienone is 2. The molecule has 0 aromatic rings. The highest BCUT2D eigenvalue weighted by atomic mass is 16.6. The van der Waals surface area contributed by atoms with Crippen molar-refractivity contribution < 1.29 is 24.5 Å². The van der Waals surface area contributed by atoms with Crippen molar-refractivity contribution in [2.45, 2.75) is 72.7 Å². The van der Waals surface area contributed by atoms with Gasteiger partial charge in [-0.3, -0.25) is 4.79 Å². The first-order valence-electron chi connectivity index (χ1n) is 11.0. The van der Waals surface area contributed by atoms with E-state index in [1.165, 1.54) is 0 Å². The molecule has 0 saturated heterocycles. The van der Waals surface area contributed by atoms with Crippen molar-refractivity contribution in [2.75, 3.05) is 0 Å². The number of rotatable bonds is 2. The third-order valence-corrected chi connectivity index (χ3v) is 8.82. The molecule has 5 nitrogen and oxygen atoms in total. The van der Waals surface area contributed by atoms with Crippen LogP contribution in [0.1, 0.15) is 54.9 Å². The highest BCUT2D eigenvalue weighted by Crippen LogP contribution is 2.71. The molecule has 0 aliphatic heterocycles. The predicted molar refractivity (Wildman–Crippen MR) is 113 cm³/mol. The number of hydrogen-bond donors (Lipinski definition) is 2. The van der Waals surface area contributed by atoms with E-state index in [-0.39, 0.29) is 29.0 Å². The van der Waals surface area contributed by atoms with Crippen molar-refractivity contribution in [1.29, 1.82) is 0 Å². The van der Waals surface area contributed by atoms with Gasteiger partial charge in [0.15, 0.2) is 17.5 Å². The number of ether oxygens (including phenoxy) is 1. The Morgan fingerprint density at radius 2 is 1.90 bits per heavy atom. The van der Waals surface area contributed by atoms with Gasteiger partial charge >= 0.3 is 5.97 Å². The van der Waals surface area contributed by atoms with E-state index in [2.05, 4.69) is 13.8 Å². The number of ketones is 1. The highest BCUT2D eigenvalue weighted by Gasteiger charge is 2.76. The molecule has 5 heteroatoms. The molecular weight excluding hydrogens is 380 g/mol. The molecular formula is C25H34O5. The van der Waals surface area contributed by atoms with Crippen LogP contribution in [0.5, 0.6) is 0 Å². The van der Waals surface area contributed by atoms with Crippen molar-refractivity contribution in [3.63, 3.8) is 0 Å². The Bertz CT molecular complexity index is 908. The van der Waals surface area contributed by atoms with Crippen LogP contribution in [0.25, 0.3) is 0 Å². The Hall–Kier alpha value is -1.72. The van der Waals surface area contributed by atoms with Crippen LogP contribution in [0.4, 0.5) is 0 Å². The summed E-state index contributed by atoms with van der Waals surface area (Å²) in [5.41, 5.74) is -1.53. The lowest BCUT2D eigenvalue weighted by Crippen LogP contribution is -2.65. The molecule has 0 aromatic carbocycles. The van der Waals surface area contributed by atoms with E-state index < -0.39 is 29.2 Å². The summed E-state index contributed by atoms with van der Waals surface area (Å²) in [4.78, 5) is 26.7. The normalized spacial score (nSPS) is 46.7. The van der Waals surface area contributed by atoms with Crippen LogP contribution in [-0.4, -0.2) is 39.8 Å². The van der Waals surface area contributed by atoms with Crippen molar-refractivity contribution in [3.05, 3.63) is 34.9 Å². The summed E-state index contributed by atoms with van der Waals surface area (Å²) < 4.78 is 5.76. The van der Waals surface area contributed by atoms with E-state index in [4.69, 9.17) is 4.74 Å². The van der Waals surface area contributed by atoms with E-state index in [1.807, 2.05) is 19.1 Å². The van der Waals surface area contributed by atoms with Gasteiger partial charge in [-0.25, -0.2) is 4.79 Å². The molecule has 2 fully saturated rings. The summed E-state index contributed by atoms with van der Waals surface area (Å²) in [5.74, 6) is -0.541. The average Bonchev–Trinajstić information content (AvgIpc) is 3.17. The minimum atomic E-state index is -1.92. The fourth-order valence-electron chi connectivity index (χ4n) is 6.89.